The molecule has 3 rings (SSSR count). The van der Waals surface area contributed by atoms with Crippen LogP contribution in [0.4, 0.5) is 23.2 Å². The number of pyridine rings is 1. The van der Waals surface area contributed by atoms with Gasteiger partial charge in [-0.15, -0.1) is 0 Å². The maximum atomic E-state index is 14.0. The number of halogens is 4. The Morgan fingerprint density at radius 1 is 1.12 bits per heavy atom. The summed E-state index contributed by atoms with van der Waals surface area (Å²) in [5, 5.41) is 21.9. The van der Waals surface area contributed by atoms with Gasteiger partial charge in [-0.1, -0.05) is 32.9 Å². The van der Waals surface area contributed by atoms with Crippen molar-refractivity contribution in [3.63, 3.8) is 0 Å². The zero-order chi connectivity index (χ0) is 25.4. The van der Waals surface area contributed by atoms with Gasteiger partial charge in [0, 0.05) is 23.8 Å². The minimum absolute atomic E-state index is 0.0943. The van der Waals surface area contributed by atoms with Crippen molar-refractivity contribution < 1.29 is 32.6 Å². The molecule has 182 valence electrons. The molecule has 0 saturated heterocycles. The predicted octanol–water partition coefficient (Wildman–Crippen LogP) is 5.05. The van der Waals surface area contributed by atoms with Crippen LogP contribution in [0.25, 0.3) is 10.9 Å². The van der Waals surface area contributed by atoms with Gasteiger partial charge in [0.2, 0.25) is 5.43 Å². The molecule has 0 aliphatic heterocycles. The molecule has 1 heterocycles. The Balaban J connectivity index is 2.29. The molecule has 0 aliphatic rings. The van der Waals surface area contributed by atoms with Crippen LogP contribution in [-0.2, 0) is 12.7 Å². The van der Waals surface area contributed by atoms with E-state index in [4.69, 9.17) is 0 Å². The summed E-state index contributed by atoms with van der Waals surface area (Å²) in [6.07, 6.45) is -3.83. The summed E-state index contributed by atoms with van der Waals surface area (Å²) in [4.78, 5) is 24.6. The molecule has 6 nitrogen and oxygen atoms in total. The molecule has 34 heavy (non-hydrogen) atoms. The number of carboxylic acid groups (broad SMARTS) is 1. The van der Waals surface area contributed by atoms with Crippen molar-refractivity contribution in [2.45, 2.75) is 39.5 Å². The molecule has 0 bridgehead atoms. The van der Waals surface area contributed by atoms with Crippen molar-refractivity contribution in [2.24, 2.45) is 5.41 Å². The molecule has 1 unspecified atom stereocenters. The van der Waals surface area contributed by atoms with Gasteiger partial charge in [0.05, 0.1) is 23.7 Å². The third kappa shape index (κ3) is 5.06. The highest BCUT2D eigenvalue weighted by Crippen LogP contribution is 2.39. The zero-order valence-electron chi connectivity index (χ0n) is 18.7. The van der Waals surface area contributed by atoms with Gasteiger partial charge in [0.15, 0.2) is 0 Å². The summed E-state index contributed by atoms with van der Waals surface area (Å²) in [5.74, 6) is -2.03. The largest absolute Gasteiger partial charge is 0.477 e. The number of nitrogens with zero attached hydrogens (tertiary/aromatic N) is 1. The predicted molar refractivity (Wildman–Crippen MR) is 119 cm³/mol. The number of aliphatic hydroxyl groups excluding tert-OH is 1. The van der Waals surface area contributed by atoms with Gasteiger partial charge in [0.1, 0.15) is 11.4 Å². The molecule has 2 aromatic carbocycles. The number of aromatic nitrogens is 1. The fourth-order valence-electron chi connectivity index (χ4n) is 3.77. The summed E-state index contributed by atoms with van der Waals surface area (Å²) in [6.45, 7) is 4.63. The lowest BCUT2D eigenvalue weighted by atomic mass is 9.86. The molecule has 10 heteroatoms. The second-order valence-corrected chi connectivity index (χ2v) is 9.04. The van der Waals surface area contributed by atoms with Gasteiger partial charge in [-0.25, -0.2) is 9.18 Å². The number of rotatable bonds is 6. The van der Waals surface area contributed by atoms with Crippen molar-refractivity contribution in [1.29, 1.82) is 0 Å². The topological polar surface area (TPSA) is 91.6 Å². The lowest BCUT2D eigenvalue weighted by molar-refractivity contribution is -0.136. The third-order valence-corrected chi connectivity index (χ3v) is 5.61. The summed E-state index contributed by atoms with van der Waals surface area (Å²) < 4.78 is 56.3. The minimum Gasteiger partial charge on any atom is -0.477 e. The van der Waals surface area contributed by atoms with Crippen molar-refractivity contribution in [3.05, 3.63) is 75.3 Å². The Hall–Kier alpha value is -3.40. The van der Waals surface area contributed by atoms with Gasteiger partial charge >= 0.3 is 12.1 Å². The fraction of sp³-hybridized carbons (Fsp3) is 0.333. The first-order valence-corrected chi connectivity index (χ1v) is 10.4. The average molecular weight is 480 g/mol. The molecular weight excluding hydrogens is 456 g/mol. The molecule has 0 saturated carbocycles. The fourth-order valence-corrected chi connectivity index (χ4v) is 3.77. The Kier molecular flexibility index (Phi) is 6.75. The first-order chi connectivity index (χ1) is 15.7. The first kappa shape index (κ1) is 25.2. The number of anilines is 1. The summed E-state index contributed by atoms with van der Waals surface area (Å²) in [5.41, 5.74) is -3.38. The van der Waals surface area contributed by atoms with Crippen molar-refractivity contribution in [1.82, 2.24) is 4.57 Å². The van der Waals surface area contributed by atoms with Crippen LogP contribution in [-0.4, -0.2) is 27.4 Å². The van der Waals surface area contributed by atoms with E-state index in [1.54, 1.807) is 20.8 Å². The number of carbonyl (C=O) groups is 1. The van der Waals surface area contributed by atoms with Gasteiger partial charge in [-0.3, -0.25) is 4.79 Å². The third-order valence-electron chi connectivity index (χ3n) is 5.61. The Bertz CT molecular complexity index is 1280. The lowest BCUT2D eigenvalue weighted by Crippen LogP contribution is -2.30. The molecule has 0 amide bonds. The number of alkyl halides is 3. The van der Waals surface area contributed by atoms with Gasteiger partial charge in [-0.05, 0) is 35.2 Å². The molecule has 1 aromatic heterocycles. The number of carboxylic acids is 1. The van der Waals surface area contributed by atoms with Crippen LogP contribution in [0.3, 0.4) is 0 Å². The lowest BCUT2D eigenvalue weighted by Gasteiger charge is -2.33. The standard InChI is InChI=1S/C24H24F4N2O4/c1-23(2,3)20(12-31)30-11-16(22(33)34)21(32)15-8-18(17(9-19(15)30)24(26,27)28)29-10-13-4-6-14(25)7-5-13/h4-9,11,20,29,31H,10,12H2,1-3H3,(H,33,34). The maximum absolute atomic E-state index is 14.0. The summed E-state index contributed by atoms with van der Waals surface area (Å²) >= 11 is 0. The van der Waals surface area contributed by atoms with Crippen molar-refractivity contribution >= 4 is 22.6 Å². The number of hydrogen-bond donors (Lipinski definition) is 3. The van der Waals surface area contributed by atoms with Gasteiger partial charge < -0.3 is 20.1 Å². The van der Waals surface area contributed by atoms with Gasteiger partial charge in [0.25, 0.3) is 0 Å². The monoisotopic (exact) mass is 480 g/mol. The first-order valence-electron chi connectivity index (χ1n) is 10.4. The molecule has 3 N–H and O–H groups in total. The second-order valence-electron chi connectivity index (χ2n) is 9.04. The number of nitrogens with one attached hydrogen (secondary N) is 1. The molecule has 0 aliphatic carbocycles. The van der Waals surface area contributed by atoms with E-state index < -0.39 is 58.3 Å². The molecule has 0 radical (unpaired) electrons. The number of fused-ring (bicyclic) bond motifs is 1. The van der Waals surface area contributed by atoms with Crippen LogP contribution in [0, 0.1) is 11.2 Å². The van der Waals surface area contributed by atoms with Crippen LogP contribution in [0.2, 0.25) is 0 Å². The van der Waals surface area contributed by atoms with Crippen molar-refractivity contribution in [3.8, 4) is 0 Å². The molecule has 0 fully saturated rings. The number of hydrogen-bond acceptors (Lipinski definition) is 4. The highest BCUT2D eigenvalue weighted by Gasteiger charge is 2.36. The Labute approximate surface area is 192 Å². The molecular formula is C24H24F4N2O4. The van der Waals surface area contributed by atoms with E-state index in [0.717, 1.165) is 18.3 Å². The van der Waals surface area contributed by atoms with E-state index >= 15 is 0 Å². The number of benzene rings is 2. The van der Waals surface area contributed by atoms with Crippen molar-refractivity contribution in [2.75, 3.05) is 11.9 Å². The highest BCUT2D eigenvalue weighted by atomic mass is 19.4. The van der Waals surface area contributed by atoms with E-state index in [-0.39, 0.29) is 17.4 Å². The molecule has 0 spiro atoms. The second kappa shape index (κ2) is 9.09. The van der Waals surface area contributed by atoms with E-state index in [1.807, 2.05) is 0 Å². The SMILES string of the molecule is CC(C)(C)C(CO)n1cc(C(=O)O)c(=O)c2cc(NCc3ccc(F)cc3)c(C(F)(F)F)cc21. The minimum atomic E-state index is -4.80. The zero-order valence-corrected chi connectivity index (χ0v) is 18.7. The quantitative estimate of drug-likeness (QED) is 0.430. The average Bonchev–Trinajstić information content (AvgIpc) is 2.73. The Morgan fingerprint density at radius 3 is 2.24 bits per heavy atom. The van der Waals surface area contributed by atoms with Gasteiger partial charge in [-0.2, -0.15) is 13.2 Å². The van der Waals surface area contributed by atoms with Crippen LogP contribution < -0.4 is 10.7 Å². The van der Waals surface area contributed by atoms with E-state index in [2.05, 4.69) is 5.32 Å². The number of aromatic carboxylic acids is 1. The van der Waals surface area contributed by atoms with E-state index in [9.17, 15) is 37.4 Å². The molecule has 3 aromatic rings. The smallest absolute Gasteiger partial charge is 0.418 e. The van der Waals surface area contributed by atoms with Crippen LogP contribution in [0.5, 0.6) is 0 Å². The van der Waals surface area contributed by atoms with Crippen LogP contribution in [0.1, 0.15) is 48.3 Å². The van der Waals surface area contributed by atoms with E-state index in [0.29, 0.717) is 5.56 Å². The van der Waals surface area contributed by atoms with Crippen LogP contribution >= 0.6 is 0 Å². The normalized spacial score (nSPS) is 13.2. The summed E-state index contributed by atoms with van der Waals surface area (Å²) in [6, 6.07) is 6.09. The Morgan fingerprint density at radius 2 is 1.74 bits per heavy atom. The highest BCUT2D eigenvalue weighted by molar-refractivity contribution is 5.94. The van der Waals surface area contributed by atoms with Crippen LogP contribution in [0.15, 0.2) is 47.4 Å². The maximum Gasteiger partial charge on any atom is 0.418 e. The number of aliphatic hydroxyl groups is 1. The van der Waals surface area contributed by atoms with E-state index in [1.165, 1.54) is 28.8 Å². The molecule has 1 atom stereocenters. The summed E-state index contributed by atoms with van der Waals surface area (Å²) in [7, 11) is 0.